The van der Waals surface area contributed by atoms with E-state index >= 15 is 0 Å². The summed E-state index contributed by atoms with van der Waals surface area (Å²) in [5.41, 5.74) is 3.88. The highest BCUT2D eigenvalue weighted by molar-refractivity contribution is 7.86. The molecule has 45 heavy (non-hydrogen) atoms. The Hall–Kier alpha value is -1.90. The van der Waals surface area contributed by atoms with Crippen LogP contribution in [0.4, 0.5) is 4.79 Å². The van der Waals surface area contributed by atoms with E-state index in [1.165, 1.54) is 18.2 Å². The van der Waals surface area contributed by atoms with Gasteiger partial charge < -0.3 is 14.4 Å². The fourth-order valence-corrected chi connectivity index (χ4v) is 11.2. The highest BCUT2D eigenvalue weighted by Gasteiger charge is 2.61. The molecule has 0 N–H and O–H groups in total. The van der Waals surface area contributed by atoms with Crippen molar-refractivity contribution >= 4 is 16.2 Å². The van der Waals surface area contributed by atoms with Crippen LogP contribution in [0.1, 0.15) is 104 Å². The van der Waals surface area contributed by atoms with Gasteiger partial charge in [0.25, 0.3) is 10.1 Å². The van der Waals surface area contributed by atoms with E-state index in [-0.39, 0.29) is 47.9 Å². The van der Waals surface area contributed by atoms with Gasteiger partial charge in [0, 0.05) is 12.5 Å². The average molecular weight is 642 g/mol. The van der Waals surface area contributed by atoms with Gasteiger partial charge in [0.05, 0.1) is 30.1 Å². The minimum atomic E-state index is -3.45. The Morgan fingerprint density at radius 3 is 2.56 bits per heavy atom. The number of amides is 1. The molecule has 7 nitrogen and oxygen atoms in total. The van der Waals surface area contributed by atoms with E-state index in [1.807, 2.05) is 35.2 Å². The third-order valence-electron chi connectivity index (χ3n) is 12.8. The fourth-order valence-electron chi connectivity index (χ4n) is 10.5. The molecular weight excluding hydrogens is 586 g/mol. The first-order chi connectivity index (χ1) is 21.3. The van der Waals surface area contributed by atoms with E-state index in [2.05, 4.69) is 34.6 Å². The first kappa shape index (κ1) is 33.0. The maximum Gasteiger partial charge on any atom is 0.410 e. The number of piperidine rings is 1. The van der Waals surface area contributed by atoms with Gasteiger partial charge in [0.2, 0.25) is 0 Å². The molecular formula is C37H55NO6S. The molecule has 1 amide bonds. The highest BCUT2D eigenvalue weighted by atomic mass is 32.2. The molecule has 1 spiro atoms. The zero-order valence-corrected chi connectivity index (χ0v) is 29.1. The van der Waals surface area contributed by atoms with Crippen molar-refractivity contribution in [3.63, 3.8) is 0 Å². The van der Waals surface area contributed by atoms with Crippen LogP contribution in [0, 0.1) is 35.0 Å². The normalized spacial score (nSPS) is 40.0. The summed E-state index contributed by atoms with van der Waals surface area (Å²) in [6, 6.07) is 9.93. The highest BCUT2D eigenvalue weighted by Crippen LogP contribution is 2.61. The molecule has 0 unspecified atom stereocenters. The average Bonchev–Trinajstić information content (AvgIpc) is 3.56. The van der Waals surface area contributed by atoms with Crippen molar-refractivity contribution in [1.29, 1.82) is 0 Å². The zero-order chi connectivity index (χ0) is 32.1. The molecule has 4 fully saturated rings. The van der Waals surface area contributed by atoms with Gasteiger partial charge in [-0.05, 0) is 98.5 Å². The molecule has 0 radical (unpaired) electrons. The molecule has 2 saturated carbocycles. The van der Waals surface area contributed by atoms with Crippen LogP contribution in [-0.2, 0) is 30.4 Å². The number of hydrogen-bond donors (Lipinski definition) is 0. The van der Waals surface area contributed by atoms with Crippen LogP contribution in [-0.4, -0.2) is 56.1 Å². The van der Waals surface area contributed by atoms with E-state index in [4.69, 9.17) is 13.7 Å². The number of fused-ring (bicyclic) bond motifs is 2. The quantitative estimate of drug-likeness (QED) is 0.222. The Kier molecular flexibility index (Phi) is 9.25. The predicted octanol–water partition coefficient (Wildman–Crippen LogP) is 7.90. The van der Waals surface area contributed by atoms with Crippen molar-refractivity contribution in [1.82, 2.24) is 4.90 Å². The second kappa shape index (κ2) is 12.6. The lowest BCUT2D eigenvalue weighted by atomic mass is 9.58. The summed E-state index contributed by atoms with van der Waals surface area (Å²) >= 11 is 0. The van der Waals surface area contributed by atoms with Gasteiger partial charge in [0.15, 0.2) is 0 Å². The van der Waals surface area contributed by atoms with Gasteiger partial charge in [-0.2, -0.15) is 8.42 Å². The van der Waals surface area contributed by atoms with E-state index in [0.29, 0.717) is 30.2 Å². The Bertz CT molecular complexity index is 1380. The topological polar surface area (TPSA) is 82.1 Å². The second-order valence-electron chi connectivity index (χ2n) is 15.6. The van der Waals surface area contributed by atoms with Crippen LogP contribution in [0.15, 0.2) is 41.5 Å². The van der Waals surface area contributed by atoms with Crippen molar-refractivity contribution in [2.45, 2.75) is 129 Å². The minimum absolute atomic E-state index is 0.0188. The van der Waals surface area contributed by atoms with Gasteiger partial charge in [-0.15, -0.1) is 0 Å². The summed E-state index contributed by atoms with van der Waals surface area (Å²) in [5.74, 6) is 2.19. The van der Waals surface area contributed by atoms with Crippen LogP contribution < -0.4 is 0 Å². The third kappa shape index (κ3) is 6.25. The maximum atomic E-state index is 13.6. The number of nitrogens with zero attached hydrogens (tertiary/aromatic N) is 1. The predicted molar refractivity (Wildman–Crippen MR) is 176 cm³/mol. The van der Waals surface area contributed by atoms with E-state index in [1.54, 1.807) is 5.57 Å². The Labute approximate surface area is 271 Å². The lowest BCUT2D eigenvalue weighted by Crippen LogP contribution is -2.54. The van der Waals surface area contributed by atoms with Crippen molar-refractivity contribution < 1.29 is 26.9 Å². The molecule has 250 valence electrons. The van der Waals surface area contributed by atoms with Crippen molar-refractivity contribution in [3.8, 4) is 0 Å². The molecule has 10 atom stereocenters. The number of rotatable bonds is 7. The second-order valence-corrected chi connectivity index (χ2v) is 17.2. The summed E-state index contributed by atoms with van der Waals surface area (Å²) in [4.78, 5) is 15.6. The Morgan fingerprint density at radius 1 is 1.09 bits per heavy atom. The summed E-state index contributed by atoms with van der Waals surface area (Å²) < 4.78 is 42.4. The first-order valence-corrected chi connectivity index (χ1v) is 19.4. The van der Waals surface area contributed by atoms with E-state index in [0.717, 1.165) is 63.4 Å². The van der Waals surface area contributed by atoms with Gasteiger partial charge in [-0.25, -0.2) is 4.79 Å². The van der Waals surface area contributed by atoms with Crippen LogP contribution in [0.2, 0.25) is 0 Å². The lowest BCUT2D eigenvalue weighted by Gasteiger charge is -2.48. The molecule has 2 aliphatic heterocycles. The smallest absolute Gasteiger partial charge is 0.410 e. The summed E-state index contributed by atoms with van der Waals surface area (Å²) in [7, 11) is -3.45. The van der Waals surface area contributed by atoms with Crippen LogP contribution in [0.3, 0.4) is 0 Å². The molecule has 0 aromatic heterocycles. The summed E-state index contributed by atoms with van der Waals surface area (Å²) in [5, 5.41) is 0. The van der Waals surface area contributed by atoms with E-state index < -0.39 is 10.1 Å². The molecule has 8 heteroatoms. The third-order valence-corrected chi connectivity index (χ3v) is 13.4. The molecule has 5 aliphatic rings. The van der Waals surface area contributed by atoms with Crippen molar-refractivity contribution in [2.24, 2.45) is 35.0 Å². The maximum absolute atomic E-state index is 13.6. The number of likely N-dealkylation sites (tertiary alicyclic amines) is 1. The molecule has 3 aliphatic carbocycles. The summed E-state index contributed by atoms with van der Waals surface area (Å²) in [6.45, 7) is 12.6. The van der Waals surface area contributed by atoms with E-state index in [9.17, 15) is 13.2 Å². The standard InChI is InChI=1S/C37H55NO6S/c1-7-11-29-20-31(44-45(6,40)41)15-16-36(29,5)30-19-28-14-17-37(25(3)32(28)21-30)26(4)34-33(43-37)18-24(2)22-38(34)35(39)42-23-27-12-9-8-10-13-27/h8-10,12-13,24,26,28-31,33-34H,7,11,14-23H2,1-6H3/t24-,26+,28-,29+,30+,31-,33+,34-,36-,37-/m0/s1. The first-order valence-electron chi connectivity index (χ1n) is 17.6. The van der Waals surface area contributed by atoms with Gasteiger partial charge in [-0.1, -0.05) is 76.4 Å². The zero-order valence-electron chi connectivity index (χ0n) is 28.3. The number of carbonyl (C=O) groups is 1. The van der Waals surface area contributed by atoms with Crippen LogP contribution in [0.25, 0.3) is 0 Å². The molecule has 2 saturated heterocycles. The number of carbonyl (C=O) groups excluding carboxylic acids is 1. The minimum Gasteiger partial charge on any atom is -0.445 e. The molecule has 6 rings (SSSR count). The summed E-state index contributed by atoms with van der Waals surface area (Å²) in [6.07, 6.45) is 11.1. The largest absolute Gasteiger partial charge is 0.445 e. The number of ether oxygens (including phenoxy) is 2. The van der Waals surface area contributed by atoms with Crippen molar-refractivity contribution in [3.05, 3.63) is 47.0 Å². The molecule has 0 bridgehead atoms. The molecule has 2 heterocycles. The van der Waals surface area contributed by atoms with Gasteiger partial charge in [0.1, 0.15) is 6.61 Å². The lowest BCUT2D eigenvalue weighted by molar-refractivity contribution is -0.0628. The van der Waals surface area contributed by atoms with Crippen LogP contribution in [0.5, 0.6) is 0 Å². The molecule has 1 aromatic rings. The molecule has 1 aromatic carbocycles. The number of hydrogen-bond acceptors (Lipinski definition) is 6. The number of benzene rings is 1. The SMILES string of the molecule is CCC[C@@H]1C[C@@H](OS(C)(=O)=O)CC[C@]1(C)[C@H]1CC2=C(C)[C@]3(CC[C@H]2C1)O[C@@H]1C[C@H](C)CN(C(=O)OCc2ccccc2)[C@H]1[C@H]3C. The Balaban J connectivity index is 1.21. The number of allylic oxidation sites excluding steroid dienone is 1. The van der Waals surface area contributed by atoms with Gasteiger partial charge >= 0.3 is 6.09 Å². The fraction of sp³-hybridized carbons (Fsp3) is 0.757. The Morgan fingerprint density at radius 2 is 1.84 bits per heavy atom. The van der Waals surface area contributed by atoms with Crippen molar-refractivity contribution in [2.75, 3.05) is 12.8 Å². The van der Waals surface area contributed by atoms with Gasteiger partial charge in [-0.3, -0.25) is 4.18 Å². The monoisotopic (exact) mass is 641 g/mol. The van der Waals surface area contributed by atoms with Crippen LogP contribution >= 0.6 is 0 Å².